The van der Waals surface area contributed by atoms with Gasteiger partial charge < -0.3 is 11.1 Å². The van der Waals surface area contributed by atoms with E-state index in [4.69, 9.17) is 17.3 Å². The second-order valence-electron chi connectivity index (χ2n) is 4.79. The van der Waals surface area contributed by atoms with Crippen molar-refractivity contribution in [3.8, 4) is 0 Å². The maximum absolute atomic E-state index is 12.2. The first-order chi connectivity index (χ1) is 9.49. The van der Waals surface area contributed by atoms with Crippen molar-refractivity contribution in [2.45, 2.75) is 19.9 Å². The smallest absolute Gasteiger partial charge is 0.251 e. The van der Waals surface area contributed by atoms with Gasteiger partial charge in [0, 0.05) is 16.3 Å². The highest BCUT2D eigenvalue weighted by atomic mass is 35.5. The van der Waals surface area contributed by atoms with Crippen LogP contribution < -0.4 is 11.1 Å². The Morgan fingerprint density at radius 2 is 1.95 bits per heavy atom. The number of carbonyl (C=O) groups is 1. The molecule has 2 aromatic rings. The molecule has 1 atom stereocenters. The minimum absolute atomic E-state index is 0.163. The number of benzene rings is 2. The van der Waals surface area contributed by atoms with E-state index in [0.29, 0.717) is 16.3 Å². The minimum Gasteiger partial charge on any atom is -0.398 e. The number of hydrogen-bond donors (Lipinski definition) is 2. The molecule has 2 aromatic carbocycles. The van der Waals surface area contributed by atoms with E-state index in [1.165, 1.54) is 0 Å². The van der Waals surface area contributed by atoms with Gasteiger partial charge >= 0.3 is 0 Å². The summed E-state index contributed by atoms with van der Waals surface area (Å²) in [5.41, 5.74) is 8.84. The lowest BCUT2D eigenvalue weighted by Crippen LogP contribution is -2.26. The van der Waals surface area contributed by atoms with E-state index in [9.17, 15) is 4.79 Å². The van der Waals surface area contributed by atoms with Crippen LogP contribution in [0.2, 0.25) is 5.02 Å². The van der Waals surface area contributed by atoms with Crippen LogP contribution in [0.1, 0.15) is 34.5 Å². The van der Waals surface area contributed by atoms with Crippen LogP contribution in [-0.2, 0) is 0 Å². The molecule has 0 aliphatic heterocycles. The Hall–Kier alpha value is -2.00. The Labute approximate surface area is 123 Å². The fourth-order valence-corrected chi connectivity index (χ4v) is 2.27. The second kappa shape index (κ2) is 5.97. The van der Waals surface area contributed by atoms with Crippen molar-refractivity contribution in [3.63, 3.8) is 0 Å². The Kier molecular flexibility index (Phi) is 4.30. The Morgan fingerprint density at radius 1 is 1.25 bits per heavy atom. The molecule has 0 fully saturated rings. The van der Waals surface area contributed by atoms with Gasteiger partial charge in [-0.2, -0.15) is 0 Å². The first kappa shape index (κ1) is 14.4. The Morgan fingerprint density at radius 3 is 2.60 bits per heavy atom. The van der Waals surface area contributed by atoms with E-state index in [1.54, 1.807) is 12.1 Å². The molecule has 0 aromatic heterocycles. The third kappa shape index (κ3) is 3.11. The second-order valence-corrected chi connectivity index (χ2v) is 5.20. The van der Waals surface area contributed by atoms with Gasteiger partial charge in [0.05, 0.1) is 6.04 Å². The maximum atomic E-state index is 12.2. The number of carbonyl (C=O) groups excluding carboxylic acids is 1. The van der Waals surface area contributed by atoms with Gasteiger partial charge in [-0.1, -0.05) is 35.9 Å². The fourth-order valence-electron chi connectivity index (χ4n) is 1.97. The van der Waals surface area contributed by atoms with Gasteiger partial charge in [-0.05, 0) is 43.2 Å². The fraction of sp³-hybridized carbons (Fsp3) is 0.188. The molecule has 0 spiro atoms. The summed E-state index contributed by atoms with van der Waals surface area (Å²) in [4.78, 5) is 12.2. The molecular weight excluding hydrogens is 272 g/mol. The standard InChI is InChI=1S/C16H17ClN2O/c1-10-7-8-12(9-15(10)18)16(20)19-11(2)13-5-3-4-6-14(13)17/h3-9,11H,18H2,1-2H3,(H,19,20)/t11-/m0/s1. The molecule has 104 valence electrons. The highest BCUT2D eigenvalue weighted by molar-refractivity contribution is 6.31. The number of nitrogen functional groups attached to an aromatic ring is 1. The molecule has 3 nitrogen and oxygen atoms in total. The lowest BCUT2D eigenvalue weighted by Gasteiger charge is -2.16. The zero-order chi connectivity index (χ0) is 14.7. The number of rotatable bonds is 3. The number of anilines is 1. The Bertz CT molecular complexity index is 640. The van der Waals surface area contributed by atoms with Crippen molar-refractivity contribution in [1.29, 1.82) is 0 Å². The van der Waals surface area contributed by atoms with Gasteiger partial charge in [-0.25, -0.2) is 0 Å². The predicted octanol–water partition coefficient (Wildman–Crippen LogP) is 3.72. The van der Waals surface area contributed by atoms with Gasteiger partial charge in [0.2, 0.25) is 0 Å². The number of nitrogens with two attached hydrogens (primary N) is 1. The third-order valence-electron chi connectivity index (χ3n) is 3.26. The number of amides is 1. The summed E-state index contributed by atoms with van der Waals surface area (Å²) in [6.07, 6.45) is 0. The van der Waals surface area contributed by atoms with Crippen LogP contribution in [-0.4, -0.2) is 5.91 Å². The van der Waals surface area contributed by atoms with Crippen LogP contribution in [0, 0.1) is 6.92 Å². The minimum atomic E-state index is -0.168. The molecule has 0 saturated carbocycles. The number of hydrogen-bond acceptors (Lipinski definition) is 2. The summed E-state index contributed by atoms with van der Waals surface area (Å²) in [5.74, 6) is -0.163. The van der Waals surface area contributed by atoms with Crippen LogP contribution in [0.25, 0.3) is 0 Å². The van der Waals surface area contributed by atoms with Gasteiger partial charge in [0.1, 0.15) is 0 Å². The Balaban J connectivity index is 2.15. The van der Waals surface area contributed by atoms with Crippen LogP contribution >= 0.6 is 11.6 Å². The molecule has 1 amide bonds. The normalized spacial score (nSPS) is 11.9. The van der Waals surface area contributed by atoms with Crippen LogP contribution in [0.5, 0.6) is 0 Å². The summed E-state index contributed by atoms with van der Waals surface area (Å²) in [6, 6.07) is 12.6. The highest BCUT2D eigenvalue weighted by Crippen LogP contribution is 2.22. The van der Waals surface area contributed by atoms with E-state index in [1.807, 2.05) is 44.2 Å². The summed E-state index contributed by atoms with van der Waals surface area (Å²) in [7, 11) is 0. The van der Waals surface area contributed by atoms with E-state index in [-0.39, 0.29) is 11.9 Å². The third-order valence-corrected chi connectivity index (χ3v) is 3.60. The van der Waals surface area contributed by atoms with E-state index in [0.717, 1.165) is 11.1 Å². The number of nitrogens with one attached hydrogen (secondary N) is 1. The quantitative estimate of drug-likeness (QED) is 0.846. The van der Waals surface area contributed by atoms with Crippen molar-refractivity contribution in [1.82, 2.24) is 5.32 Å². The number of halogens is 1. The first-order valence-corrected chi connectivity index (χ1v) is 6.78. The molecule has 3 N–H and O–H groups in total. The average molecular weight is 289 g/mol. The molecule has 2 rings (SSSR count). The summed E-state index contributed by atoms with van der Waals surface area (Å²) in [5, 5.41) is 3.56. The van der Waals surface area contributed by atoms with E-state index >= 15 is 0 Å². The molecule has 0 heterocycles. The zero-order valence-electron chi connectivity index (χ0n) is 11.5. The summed E-state index contributed by atoms with van der Waals surface area (Å²) < 4.78 is 0. The molecular formula is C16H17ClN2O. The van der Waals surface area contributed by atoms with Crippen molar-refractivity contribution in [2.24, 2.45) is 0 Å². The molecule has 0 bridgehead atoms. The predicted molar refractivity (Wildman–Crippen MR) is 82.9 cm³/mol. The van der Waals surface area contributed by atoms with Gasteiger partial charge in [-0.3, -0.25) is 4.79 Å². The largest absolute Gasteiger partial charge is 0.398 e. The first-order valence-electron chi connectivity index (χ1n) is 6.40. The van der Waals surface area contributed by atoms with E-state index < -0.39 is 0 Å². The van der Waals surface area contributed by atoms with Crippen molar-refractivity contribution < 1.29 is 4.79 Å². The van der Waals surface area contributed by atoms with Crippen molar-refractivity contribution in [2.75, 3.05) is 5.73 Å². The molecule has 4 heteroatoms. The van der Waals surface area contributed by atoms with Gasteiger partial charge in [0.25, 0.3) is 5.91 Å². The maximum Gasteiger partial charge on any atom is 0.251 e. The topological polar surface area (TPSA) is 55.1 Å². The molecule has 0 saturated heterocycles. The van der Waals surface area contributed by atoms with Crippen molar-refractivity contribution in [3.05, 3.63) is 64.2 Å². The zero-order valence-corrected chi connectivity index (χ0v) is 12.2. The highest BCUT2D eigenvalue weighted by Gasteiger charge is 2.14. The molecule has 20 heavy (non-hydrogen) atoms. The average Bonchev–Trinajstić information content (AvgIpc) is 2.42. The van der Waals surface area contributed by atoms with Gasteiger partial charge in [0.15, 0.2) is 0 Å². The molecule has 0 radical (unpaired) electrons. The molecule has 0 aliphatic rings. The van der Waals surface area contributed by atoms with Gasteiger partial charge in [-0.15, -0.1) is 0 Å². The summed E-state index contributed by atoms with van der Waals surface area (Å²) in [6.45, 7) is 3.81. The molecule has 0 aliphatic carbocycles. The lowest BCUT2D eigenvalue weighted by molar-refractivity contribution is 0.0940. The number of aryl methyl sites for hydroxylation is 1. The van der Waals surface area contributed by atoms with Crippen LogP contribution in [0.4, 0.5) is 5.69 Å². The van der Waals surface area contributed by atoms with Crippen molar-refractivity contribution >= 4 is 23.2 Å². The lowest BCUT2D eigenvalue weighted by atomic mass is 10.1. The van der Waals surface area contributed by atoms with Crippen LogP contribution in [0.15, 0.2) is 42.5 Å². The summed E-state index contributed by atoms with van der Waals surface area (Å²) >= 11 is 6.12. The van der Waals surface area contributed by atoms with Crippen LogP contribution in [0.3, 0.4) is 0 Å². The molecule has 0 unspecified atom stereocenters. The monoisotopic (exact) mass is 288 g/mol. The van der Waals surface area contributed by atoms with E-state index in [2.05, 4.69) is 5.32 Å². The SMILES string of the molecule is Cc1ccc(C(=O)N[C@@H](C)c2ccccc2Cl)cc1N.